The van der Waals surface area contributed by atoms with Crippen LogP contribution < -0.4 is 0 Å². The van der Waals surface area contributed by atoms with Crippen molar-refractivity contribution in [3.8, 4) is 0 Å². The number of nitrogens with zero attached hydrogens (tertiary/aromatic N) is 2. The zero-order chi connectivity index (χ0) is 29.9. The van der Waals surface area contributed by atoms with Crippen molar-refractivity contribution >= 4 is 87.0 Å². The molecule has 2 heterocycles. The van der Waals surface area contributed by atoms with E-state index in [1.54, 1.807) is 24.3 Å². The molecule has 42 heavy (non-hydrogen) atoms. The summed E-state index contributed by atoms with van der Waals surface area (Å²) < 4.78 is 63.5. The van der Waals surface area contributed by atoms with Gasteiger partial charge in [0.1, 0.15) is 0 Å². The van der Waals surface area contributed by atoms with Gasteiger partial charge in [0.2, 0.25) is 0 Å². The van der Waals surface area contributed by atoms with Crippen LogP contribution in [0, 0.1) is 0 Å². The van der Waals surface area contributed by atoms with Crippen LogP contribution in [0.3, 0.4) is 0 Å². The van der Waals surface area contributed by atoms with Crippen LogP contribution in [-0.2, 0) is 20.2 Å². The van der Waals surface area contributed by atoms with Crippen molar-refractivity contribution in [2.45, 2.75) is 0 Å². The summed E-state index contributed by atoms with van der Waals surface area (Å²) in [6.45, 7) is -1.03. The molecule has 0 fully saturated rings. The van der Waals surface area contributed by atoms with Crippen molar-refractivity contribution in [2.24, 2.45) is 0 Å². The molecular weight excluding hydrogens is 588 g/mol. The maximum absolute atomic E-state index is 13.3. The van der Waals surface area contributed by atoms with Crippen LogP contribution in [0.5, 0.6) is 0 Å². The summed E-state index contributed by atoms with van der Waals surface area (Å²) in [6, 6.07) is 12.9. The molecule has 0 unspecified atom stereocenters. The van der Waals surface area contributed by atoms with Gasteiger partial charge < -0.3 is 0 Å². The Morgan fingerprint density at radius 1 is 0.452 bits per heavy atom. The highest BCUT2D eigenvalue weighted by atomic mass is 32.2. The first kappa shape index (κ1) is 26.4. The molecule has 12 nitrogen and oxygen atoms in total. The highest BCUT2D eigenvalue weighted by Crippen LogP contribution is 2.46. The monoisotopic (exact) mass is 606 g/mol. The van der Waals surface area contributed by atoms with E-state index < -0.39 is 68.5 Å². The molecule has 0 bridgehead atoms. The molecule has 0 saturated heterocycles. The van der Waals surface area contributed by atoms with Crippen molar-refractivity contribution < 1.29 is 45.1 Å². The van der Waals surface area contributed by atoms with Gasteiger partial charge in [-0.1, -0.05) is 24.3 Å². The first-order valence-corrected chi connectivity index (χ1v) is 15.8. The molecule has 2 aliphatic rings. The first-order valence-electron chi connectivity index (χ1n) is 12.6. The van der Waals surface area contributed by atoms with E-state index in [2.05, 4.69) is 0 Å². The third-order valence-electron chi connectivity index (χ3n) is 7.95. The molecule has 2 aliphatic heterocycles. The van der Waals surface area contributed by atoms with Crippen LogP contribution in [0.4, 0.5) is 0 Å². The Balaban J connectivity index is 1.47. The number of hydrogen-bond acceptors (Lipinski definition) is 8. The average Bonchev–Trinajstić information content (AvgIpc) is 2.92. The van der Waals surface area contributed by atoms with Gasteiger partial charge >= 0.3 is 0 Å². The Hall–Kier alpha value is -4.50. The second-order valence-electron chi connectivity index (χ2n) is 10.2. The average molecular weight is 607 g/mol. The zero-order valence-corrected chi connectivity index (χ0v) is 23.0. The Morgan fingerprint density at radius 3 is 0.952 bits per heavy atom. The predicted molar refractivity (Wildman–Crippen MR) is 151 cm³/mol. The quantitative estimate of drug-likeness (QED) is 0.126. The number of carbonyl (C=O) groups excluding carboxylic acids is 4. The fourth-order valence-corrected chi connectivity index (χ4v) is 7.01. The molecular formula is C28H18N2O10S2. The van der Waals surface area contributed by atoms with Crippen molar-refractivity contribution in [1.29, 1.82) is 0 Å². The van der Waals surface area contributed by atoms with E-state index in [0.29, 0.717) is 43.1 Å². The van der Waals surface area contributed by atoms with Crippen molar-refractivity contribution in [1.82, 2.24) is 9.80 Å². The van der Waals surface area contributed by atoms with Crippen LogP contribution in [0.2, 0.25) is 0 Å². The van der Waals surface area contributed by atoms with Gasteiger partial charge in [-0.05, 0) is 56.6 Å². The van der Waals surface area contributed by atoms with Gasteiger partial charge in [-0.3, -0.25) is 38.1 Å². The lowest BCUT2D eigenvalue weighted by molar-refractivity contribution is 0.0604. The third-order valence-corrected chi connectivity index (χ3v) is 9.35. The Bertz CT molecular complexity index is 2060. The van der Waals surface area contributed by atoms with E-state index >= 15 is 0 Å². The summed E-state index contributed by atoms with van der Waals surface area (Å²) in [7, 11) is -8.85. The minimum absolute atomic E-state index is 0.189. The minimum Gasteiger partial charge on any atom is -0.285 e. The SMILES string of the molecule is O=C1c2ccc3c4ccc5c6c(ccc(c7ccc(c2c37)C(=O)N1CCS(=O)(=O)O)c64)C(=O)N(CCS(=O)(=O)O)C5=O. The number of benzene rings is 5. The van der Waals surface area contributed by atoms with E-state index in [4.69, 9.17) is 9.11 Å². The Labute approximate surface area is 236 Å². The van der Waals surface area contributed by atoms with Crippen LogP contribution in [0.15, 0.2) is 48.5 Å². The summed E-state index contributed by atoms with van der Waals surface area (Å²) in [5, 5.41) is 4.63. The number of hydrogen-bond donors (Lipinski definition) is 2. The number of rotatable bonds is 6. The zero-order valence-electron chi connectivity index (χ0n) is 21.3. The maximum atomic E-state index is 13.3. The summed E-state index contributed by atoms with van der Waals surface area (Å²) >= 11 is 0. The Kier molecular flexibility index (Phi) is 5.35. The Morgan fingerprint density at radius 2 is 0.714 bits per heavy atom. The lowest BCUT2D eigenvalue weighted by Gasteiger charge is -2.30. The predicted octanol–water partition coefficient (Wildman–Crippen LogP) is 2.70. The molecule has 0 spiro atoms. The van der Waals surface area contributed by atoms with E-state index in [-0.39, 0.29) is 22.3 Å². The molecule has 5 aromatic carbocycles. The summed E-state index contributed by atoms with van der Waals surface area (Å²) in [5.41, 5.74) is 0.757. The van der Waals surface area contributed by atoms with Crippen molar-refractivity contribution in [3.63, 3.8) is 0 Å². The molecule has 14 heteroatoms. The molecule has 0 aliphatic carbocycles. The lowest BCUT2D eigenvalue weighted by Crippen LogP contribution is -2.43. The molecule has 4 amide bonds. The number of amides is 4. The van der Waals surface area contributed by atoms with Crippen LogP contribution in [-0.4, -0.2) is 84.0 Å². The van der Waals surface area contributed by atoms with E-state index in [1.165, 1.54) is 24.3 Å². The largest absolute Gasteiger partial charge is 0.285 e. The number of imide groups is 2. The van der Waals surface area contributed by atoms with Gasteiger partial charge in [0.15, 0.2) is 0 Å². The van der Waals surface area contributed by atoms with Gasteiger partial charge in [0.25, 0.3) is 43.9 Å². The van der Waals surface area contributed by atoms with Gasteiger partial charge in [0.05, 0.1) is 11.5 Å². The first-order chi connectivity index (χ1) is 19.8. The van der Waals surface area contributed by atoms with Gasteiger partial charge in [-0.25, -0.2) is 0 Å². The minimum atomic E-state index is -4.42. The van der Waals surface area contributed by atoms with Gasteiger partial charge in [0, 0.05) is 46.1 Å². The summed E-state index contributed by atoms with van der Waals surface area (Å²) in [5.74, 6) is -4.39. The van der Waals surface area contributed by atoms with Gasteiger partial charge in [-0.15, -0.1) is 0 Å². The molecule has 7 rings (SSSR count). The molecule has 0 saturated carbocycles. The topological polar surface area (TPSA) is 184 Å². The van der Waals surface area contributed by atoms with Crippen molar-refractivity contribution in [2.75, 3.05) is 24.6 Å². The summed E-state index contributed by atoms with van der Waals surface area (Å²) in [6.07, 6.45) is 0. The second kappa shape index (κ2) is 8.51. The lowest BCUT2D eigenvalue weighted by atomic mass is 9.82. The molecule has 5 aromatic rings. The highest BCUT2D eigenvalue weighted by molar-refractivity contribution is 7.86. The standard InChI is InChI=1S/C28H18N2O10S2/c31-25-17-5-1-13-14-2-6-19-24-20(28(34)30(27(19)33)10-12-42(38,39)40)8-4-16(22(14)24)15-3-7-18(23(17)21(13)15)26(32)29(25)9-11-41(35,36)37/h1-8H,9-12H2,(H,35,36,37)(H,38,39,40). The fraction of sp³-hybridized carbons (Fsp3) is 0.143. The molecule has 0 aromatic heterocycles. The molecule has 2 N–H and O–H groups in total. The molecule has 212 valence electrons. The normalized spacial score (nSPS) is 15.8. The maximum Gasteiger partial charge on any atom is 0.266 e. The van der Waals surface area contributed by atoms with Crippen LogP contribution in [0.25, 0.3) is 43.1 Å². The number of carbonyl (C=O) groups is 4. The van der Waals surface area contributed by atoms with E-state index in [1.807, 2.05) is 0 Å². The van der Waals surface area contributed by atoms with Crippen LogP contribution in [0.1, 0.15) is 41.4 Å². The number of fused-ring (bicyclic) bond motifs is 2. The van der Waals surface area contributed by atoms with E-state index in [9.17, 15) is 36.0 Å². The highest BCUT2D eigenvalue weighted by Gasteiger charge is 2.37. The van der Waals surface area contributed by atoms with Crippen LogP contribution >= 0.6 is 0 Å². The molecule has 0 radical (unpaired) electrons. The molecule has 0 atom stereocenters. The smallest absolute Gasteiger partial charge is 0.266 e. The van der Waals surface area contributed by atoms with Gasteiger partial charge in [-0.2, -0.15) is 16.8 Å². The van der Waals surface area contributed by atoms with Crippen molar-refractivity contribution in [3.05, 3.63) is 70.8 Å². The third kappa shape index (κ3) is 3.66. The fourth-order valence-electron chi connectivity index (χ4n) is 6.19. The summed E-state index contributed by atoms with van der Waals surface area (Å²) in [4.78, 5) is 55.0. The van der Waals surface area contributed by atoms with E-state index in [0.717, 1.165) is 9.80 Å². The second-order valence-corrected chi connectivity index (χ2v) is 13.4.